The highest BCUT2D eigenvalue weighted by molar-refractivity contribution is 5.63. The monoisotopic (exact) mass is 344 g/mol. The van der Waals surface area contributed by atoms with Crippen LogP contribution in [0.3, 0.4) is 0 Å². The minimum absolute atomic E-state index is 0.282. The molecule has 3 heteroatoms. The topological polar surface area (TPSA) is 0 Å². The maximum Gasteiger partial charge on any atom is 0.159 e. The highest BCUT2D eigenvalue weighted by Gasteiger charge is 2.20. The third kappa shape index (κ3) is 4.53. The largest absolute Gasteiger partial charge is 0.251 e. The van der Waals surface area contributed by atoms with Gasteiger partial charge in [-0.25, -0.2) is 8.78 Å². The second-order valence-corrected chi connectivity index (χ2v) is 6.77. The van der Waals surface area contributed by atoms with Gasteiger partial charge in [0.25, 0.3) is 0 Å². The van der Waals surface area contributed by atoms with E-state index in [2.05, 4.69) is 18.2 Å². The minimum Gasteiger partial charge on any atom is -0.251 e. The summed E-state index contributed by atoms with van der Waals surface area (Å²) in [5.41, 5.74) is 2.88. The van der Waals surface area contributed by atoms with E-state index in [4.69, 9.17) is 0 Å². The van der Waals surface area contributed by atoms with E-state index in [0.717, 1.165) is 37.3 Å². The summed E-state index contributed by atoms with van der Waals surface area (Å²) in [4.78, 5) is 0. The predicted octanol–water partition coefficient (Wildman–Crippen LogP) is 6.82. The van der Waals surface area contributed by atoms with Crippen LogP contribution >= 0.6 is 0 Å². The Kier molecular flexibility index (Phi) is 5.95. The summed E-state index contributed by atoms with van der Waals surface area (Å²) < 4.78 is 38.6. The fourth-order valence-electron chi connectivity index (χ4n) is 3.62. The first-order valence-corrected chi connectivity index (χ1v) is 8.95. The highest BCUT2D eigenvalue weighted by atomic mass is 19.2. The molecular formula is C22H23F3. The van der Waals surface area contributed by atoms with Crippen LogP contribution in [0.5, 0.6) is 0 Å². The molecule has 0 spiro atoms. The van der Waals surface area contributed by atoms with Crippen molar-refractivity contribution in [3.63, 3.8) is 0 Å². The fraction of sp³-hybridized carbons (Fsp3) is 0.364. The molecule has 0 bridgehead atoms. The van der Waals surface area contributed by atoms with Gasteiger partial charge in [-0.3, -0.25) is 4.39 Å². The molecule has 0 radical (unpaired) electrons. The zero-order valence-electron chi connectivity index (χ0n) is 14.2. The van der Waals surface area contributed by atoms with Crippen LogP contribution in [0.25, 0.3) is 11.1 Å². The first-order chi connectivity index (χ1) is 12.2. The molecule has 3 rings (SSSR count). The lowest BCUT2D eigenvalue weighted by molar-refractivity contribution is 0.375. The Morgan fingerprint density at radius 1 is 0.840 bits per heavy atom. The summed E-state index contributed by atoms with van der Waals surface area (Å²) in [6.45, 7) is -0.282. The molecule has 0 saturated heterocycles. The van der Waals surface area contributed by atoms with Gasteiger partial charge >= 0.3 is 0 Å². The molecule has 1 saturated carbocycles. The van der Waals surface area contributed by atoms with E-state index < -0.39 is 11.6 Å². The maximum absolute atomic E-state index is 13.4. The van der Waals surface area contributed by atoms with Gasteiger partial charge in [0.1, 0.15) is 0 Å². The number of alkyl halides is 1. The normalized spacial score (nSPS) is 20.9. The van der Waals surface area contributed by atoms with Crippen molar-refractivity contribution in [2.45, 2.75) is 38.0 Å². The molecule has 0 unspecified atom stereocenters. The molecule has 1 fully saturated rings. The third-order valence-electron chi connectivity index (χ3n) is 5.09. The van der Waals surface area contributed by atoms with Gasteiger partial charge in [0.05, 0.1) is 6.67 Å². The highest BCUT2D eigenvalue weighted by Crippen LogP contribution is 2.37. The molecule has 0 aromatic heterocycles. The lowest BCUT2D eigenvalue weighted by atomic mass is 9.78. The molecule has 25 heavy (non-hydrogen) atoms. The lowest BCUT2D eigenvalue weighted by Crippen LogP contribution is -2.11. The van der Waals surface area contributed by atoms with Gasteiger partial charge in [-0.1, -0.05) is 42.5 Å². The zero-order chi connectivity index (χ0) is 17.6. The van der Waals surface area contributed by atoms with Crippen LogP contribution in [-0.2, 0) is 0 Å². The molecule has 1 aliphatic carbocycles. The van der Waals surface area contributed by atoms with Crippen molar-refractivity contribution in [1.29, 1.82) is 0 Å². The second-order valence-electron chi connectivity index (χ2n) is 6.77. The summed E-state index contributed by atoms with van der Waals surface area (Å²) in [5.74, 6) is -0.521. The quantitative estimate of drug-likeness (QED) is 0.522. The van der Waals surface area contributed by atoms with E-state index in [-0.39, 0.29) is 6.67 Å². The number of benzene rings is 2. The van der Waals surface area contributed by atoms with Gasteiger partial charge in [0.2, 0.25) is 0 Å². The Hall–Kier alpha value is -2.03. The van der Waals surface area contributed by atoms with Crippen molar-refractivity contribution in [2.75, 3.05) is 6.67 Å². The van der Waals surface area contributed by atoms with Gasteiger partial charge in [-0.2, -0.15) is 0 Å². The van der Waals surface area contributed by atoms with Crippen LogP contribution < -0.4 is 0 Å². The Labute approximate surface area is 147 Å². The standard InChI is InChI=1S/C22H23F3/c23-14-2-1-3-16-4-6-17(7-5-16)18-8-10-19(11-9-18)20-12-13-21(24)22(25)15-20/h1,3,8-13,15-17H,2,4-7,14H2/b3-1+/t16-,17-. The number of hydrogen-bond acceptors (Lipinski definition) is 0. The third-order valence-corrected chi connectivity index (χ3v) is 5.09. The van der Waals surface area contributed by atoms with Crippen molar-refractivity contribution < 1.29 is 13.2 Å². The molecule has 0 aliphatic heterocycles. The van der Waals surface area contributed by atoms with Crippen LogP contribution in [0, 0.1) is 17.6 Å². The van der Waals surface area contributed by atoms with Crippen LogP contribution in [0.4, 0.5) is 13.2 Å². The Morgan fingerprint density at radius 2 is 1.52 bits per heavy atom. The van der Waals surface area contributed by atoms with Gasteiger partial charge in [-0.05, 0) is 72.8 Å². The van der Waals surface area contributed by atoms with Gasteiger partial charge < -0.3 is 0 Å². The molecular weight excluding hydrogens is 321 g/mol. The summed E-state index contributed by atoms with van der Waals surface area (Å²) in [6, 6.07) is 12.2. The predicted molar refractivity (Wildman–Crippen MR) is 96.2 cm³/mol. The molecule has 0 atom stereocenters. The molecule has 2 aromatic rings. The van der Waals surface area contributed by atoms with Gasteiger partial charge in [0.15, 0.2) is 11.6 Å². The Balaban J connectivity index is 1.62. The molecule has 2 aromatic carbocycles. The summed E-state index contributed by atoms with van der Waals surface area (Å²) >= 11 is 0. The average Bonchev–Trinajstić information content (AvgIpc) is 2.65. The van der Waals surface area contributed by atoms with E-state index in [1.807, 2.05) is 18.2 Å². The molecule has 0 amide bonds. The summed E-state index contributed by atoms with van der Waals surface area (Å²) in [7, 11) is 0. The first kappa shape index (κ1) is 17.8. The SMILES string of the molecule is FCC/C=C/[C@H]1CC[C@H](c2ccc(-c3ccc(F)c(F)c3)cc2)CC1. The minimum atomic E-state index is -0.822. The van der Waals surface area contributed by atoms with E-state index in [9.17, 15) is 13.2 Å². The van der Waals surface area contributed by atoms with E-state index in [1.165, 1.54) is 11.6 Å². The van der Waals surface area contributed by atoms with E-state index in [0.29, 0.717) is 23.8 Å². The van der Waals surface area contributed by atoms with E-state index in [1.54, 1.807) is 6.07 Å². The van der Waals surface area contributed by atoms with Crippen LogP contribution in [-0.4, -0.2) is 6.67 Å². The Morgan fingerprint density at radius 3 is 2.16 bits per heavy atom. The second kappa shape index (κ2) is 8.37. The molecule has 0 heterocycles. The maximum atomic E-state index is 13.4. The van der Waals surface area contributed by atoms with Gasteiger partial charge in [0, 0.05) is 0 Å². The smallest absolute Gasteiger partial charge is 0.159 e. The molecule has 0 nitrogen and oxygen atoms in total. The summed E-state index contributed by atoms with van der Waals surface area (Å²) in [5, 5.41) is 0. The number of allylic oxidation sites excluding steroid dienone is 2. The average molecular weight is 344 g/mol. The first-order valence-electron chi connectivity index (χ1n) is 8.95. The van der Waals surface area contributed by atoms with Crippen molar-refractivity contribution in [2.24, 2.45) is 5.92 Å². The fourth-order valence-corrected chi connectivity index (χ4v) is 3.62. The van der Waals surface area contributed by atoms with Crippen molar-refractivity contribution in [1.82, 2.24) is 0 Å². The van der Waals surface area contributed by atoms with Crippen molar-refractivity contribution >= 4 is 0 Å². The van der Waals surface area contributed by atoms with Crippen LogP contribution in [0.15, 0.2) is 54.6 Å². The number of halogens is 3. The molecule has 0 N–H and O–H groups in total. The van der Waals surface area contributed by atoms with Crippen molar-refractivity contribution in [3.05, 3.63) is 71.8 Å². The number of rotatable bonds is 5. The van der Waals surface area contributed by atoms with Crippen molar-refractivity contribution in [3.8, 4) is 11.1 Å². The molecule has 132 valence electrons. The Bertz CT molecular complexity index is 711. The molecule has 1 aliphatic rings. The van der Waals surface area contributed by atoms with Crippen LogP contribution in [0.1, 0.15) is 43.6 Å². The van der Waals surface area contributed by atoms with Crippen LogP contribution in [0.2, 0.25) is 0 Å². The summed E-state index contributed by atoms with van der Waals surface area (Å²) in [6.07, 6.45) is 9.19. The lowest BCUT2D eigenvalue weighted by Gasteiger charge is -2.27. The number of hydrogen-bond donors (Lipinski definition) is 0. The zero-order valence-corrected chi connectivity index (χ0v) is 14.2. The van der Waals surface area contributed by atoms with Gasteiger partial charge in [-0.15, -0.1) is 0 Å². The van der Waals surface area contributed by atoms with E-state index >= 15 is 0 Å².